The first-order valence-corrected chi connectivity index (χ1v) is 8.20. The summed E-state index contributed by atoms with van der Waals surface area (Å²) in [6.45, 7) is 7.09. The third-order valence-electron chi connectivity index (χ3n) is 3.77. The van der Waals surface area contributed by atoms with E-state index in [-0.39, 0.29) is 11.8 Å². The van der Waals surface area contributed by atoms with Crippen molar-refractivity contribution < 1.29 is 8.42 Å². The molecule has 1 aromatic rings. The number of benzene rings is 1. The zero-order valence-electron chi connectivity index (χ0n) is 11.3. The van der Waals surface area contributed by atoms with E-state index < -0.39 is 9.84 Å². The lowest BCUT2D eigenvalue weighted by atomic mass is 10.0. The highest BCUT2D eigenvalue weighted by Gasteiger charge is 2.27. The molecular formula is C14H21NO2S. The maximum Gasteiger partial charge on any atom is 0.151 e. The molecule has 4 heteroatoms. The molecule has 3 nitrogen and oxygen atoms in total. The largest absolute Gasteiger partial charge is 0.309 e. The SMILES string of the molecule is Cc1cc(C)c(CNC2CCS(=O)(=O)C2)cc1C. The highest BCUT2D eigenvalue weighted by molar-refractivity contribution is 7.91. The van der Waals surface area contributed by atoms with Crippen molar-refractivity contribution in [1.82, 2.24) is 5.32 Å². The highest BCUT2D eigenvalue weighted by Crippen LogP contribution is 2.17. The van der Waals surface area contributed by atoms with Gasteiger partial charge in [-0.25, -0.2) is 8.42 Å². The fraction of sp³-hybridized carbons (Fsp3) is 0.571. The minimum absolute atomic E-state index is 0.121. The van der Waals surface area contributed by atoms with Gasteiger partial charge in [0.1, 0.15) is 0 Å². The Morgan fingerprint density at radius 1 is 1.17 bits per heavy atom. The lowest BCUT2D eigenvalue weighted by Gasteiger charge is -2.14. The number of sulfone groups is 1. The summed E-state index contributed by atoms with van der Waals surface area (Å²) in [5.74, 6) is 0.619. The molecular weight excluding hydrogens is 246 g/mol. The zero-order chi connectivity index (χ0) is 13.3. The Balaban J connectivity index is 2.01. The number of nitrogens with one attached hydrogen (secondary N) is 1. The molecule has 100 valence electrons. The van der Waals surface area contributed by atoms with Crippen molar-refractivity contribution in [2.24, 2.45) is 0 Å². The molecule has 1 heterocycles. The molecule has 1 aromatic carbocycles. The molecule has 0 spiro atoms. The van der Waals surface area contributed by atoms with E-state index in [9.17, 15) is 8.42 Å². The van der Waals surface area contributed by atoms with Gasteiger partial charge < -0.3 is 5.32 Å². The molecule has 1 saturated heterocycles. The van der Waals surface area contributed by atoms with Gasteiger partial charge in [0.25, 0.3) is 0 Å². The Morgan fingerprint density at radius 3 is 2.44 bits per heavy atom. The summed E-state index contributed by atoms with van der Waals surface area (Å²) >= 11 is 0. The van der Waals surface area contributed by atoms with Crippen LogP contribution in [0, 0.1) is 20.8 Å². The molecule has 0 aliphatic carbocycles. The number of aryl methyl sites for hydroxylation is 3. The van der Waals surface area contributed by atoms with Crippen molar-refractivity contribution >= 4 is 9.84 Å². The second-order valence-corrected chi connectivity index (χ2v) is 7.57. The summed E-state index contributed by atoms with van der Waals surface area (Å²) in [6, 6.07) is 4.51. The van der Waals surface area contributed by atoms with Crippen LogP contribution in [0.15, 0.2) is 12.1 Å². The molecule has 0 amide bonds. The first-order valence-electron chi connectivity index (χ1n) is 6.38. The summed E-state index contributed by atoms with van der Waals surface area (Å²) < 4.78 is 22.8. The van der Waals surface area contributed by atoms with Gasteiger partial charge in [0.2, 0.25) is 0 Å². The quantitative estimate of drug-likeness (QED) is 0.909. The predicted octanol–water partition coefficient (Wildman–Crippen LogP) is 1.89. The maximum atomic E-state index is 11.4. The molecule has 1 fully saturated rings. The van der Waals surface area contributed by atoms with Gasteiger partial charge in [-0.3, -0.25) is 0 Å². The molecule has 0 bridgehead atoms. The summed E-state index contributed by atoms with van der Waals surface area (Å²) in [4.78, 5) is 0. The average Bonchev–Trinajstić information content (AvgIpc) is 2.62. The van der Waals surface area contributed by atoms with E-state index in [1.165, 1.54) is 22.3 Å². The molecule has 2 rings (SSSR count). The van der Waals surface area contributed by atoms with Gasteiger partial charge in [-0.1, -0.05) is 12.1 Å². The summed E-state index contributed by atoms with van der Waals surface area (Å²) in [5, 5.41) is 3.36. The van der Waals surface area contributed by atoms with Crippen LogP contribution in [0.5, 0.6) is 0 Å². The van der Waals surface area contributed by atoms with Crippen molar-refractivity contribution in [3.63, 3.8) is 0 Å². The van der Waals surface area contributed by atoms with Gasteiger partial charge in [-0.2, -0.15) is 0 Å². The Bertz CT molecular complexity index is 549. The van der Waals surface area contributed by atoms with Crippen molar-refractivity contribution in [1.29, 1.82) is 0 Å². The Kier molecular flexibility index (Phi) is 3.78. The minimum atomic E-state index is -2.79. The molecule has 0 aromatic heterocycles. The van der Waals surface area contributed by atoms with Crippen molar-refractivity contribution in [3.05, 3.63) is 34.4 Å². The second kappa shape index (κ2) is 5.02. The standard InChI is InChI=1S/C14H21NO2S/c1-10-6-12(3)13(7-11(10)2)8-15-14-4-5-18(16,17)9-14/h6-7,14-15H,4-5,8-9H2,1-3H3. The fourth-order valence-electron chi connectivity index (χ4n) is 2.42. The lowest BCUT2D eigenvalue weighted by molar-refractivity contribution is 0.553. The minimum Gasteiger partial charge on any atom is -0.309 e. The van der Waals surface area contributed by atoms with Gasteiger partial charge in [-0.05, 0) is 49.4 Å². The van der Waals surface area contributed by atoms with Crippen LogP contribution < -0.4 is 5.32 Å². The van der Waals surface area contributed by atoms with E-state index in [2.05, 4.69) is 38.2 Å². The van der Waals surface area contributed by atoms with Crippen LogP contribution in [0.4, 0.5) is 0 Å². The van der Waals surface area contributed by atoms with E-state index >= 15 is 0 Å². The predicted molar refractivity (Wildman–Crippen MR) is 74.6 cm³/mol. The van der Waals surface area contributed by atoms with E-state index in [1.54, 1.807) is 0 Å². The molecule has 1 aliphatic rings. The summed E-state index contributed by atoms with van der Waals surface area (Å²) in [7, 11) is -2.79. The Morgan fingerprint density at radius 2 is 1.83 bits per heavy atom. The van der Waals surface area contributed by atoms with Crippen LogP contribution >= 0.6 is 0 Å². The van der Waals surface area contributed by atoms with Gasteiger partial charge in [0.05, 0.1) is 11.5 Å². The maximum absolute atomic E-state index is 11.4. The third kappa shape index (κ3) is 3.12. The molecule has 1 atom stereocenters. The molecule has 18 heavy (non-hydrogen) atoms. The topological polar surface area (TPSA) is 46.2 Å². The van der Waals surface area contributed by atoms with Crippen LogP contribution in [0.25, 0.3) is 0 Å². The molecule has 0 radical (unpaired) electrons. The smallest absolute Gasteiger partial charge is 0.151 e. The number of hydrogen-bond acceptors (Lipinski definition) is 3. The van der Waals surface area contributed by atoms with Crippen molar-refractivity contribution in [2.45, 2.75) is 39.8 Å². The number of rotatable bonds is 3. The van der Waals surface area contributed by atoms with E-state index in [1.807, 2.05) is 0 Å². The molecule has 0 saturated carbocycles. The van der Waals surface area contributed by atoms with Gasteiger partial charge >= 0.3 is 0 Å². The molecule has 1 unspecified atom stereocenters. The normalized spacial score (nSPS) is 22.3. The van der Waals surface area contributed by atoms with E-state index in [0.29, 0.717) is 5.75 Å². The molecule has 1 aliphatic heterocycles. The summed E-state index contributed by atoms with van der Waals surface area (Å²) in [5.41, 5.74) is 5.13. The highest BCUT2D eigenvalue weighted by atomic mass is 32.2. The Hall–Kier alpha value is -0.870. The van der Waals surface area contributed by atoms with Crippen LogP contribution in [0.1, 0.15) is 28.7 Å². The van der Waals surface area contributed by atoms with Crippen molar-refractivity contribution in [3.8, 4) is 0 Å². The van der Waals surface area contributed by atoms with Crippen molar-refractivity contribution in [2.75, 3.05) is 11.5 Å². The van der Waals surface area contributed by atoms with Gasteiger partial charge in [0, 0.05) is 12.6 Å². The zero-order valence-corrected chi connectivity index (χ0v) is 12.1. The monoisotopic (exact) mass is 267 g/mol. The lowest BCUT2D eigenvalue weighted by Crippen LogP contribution is -2.29. The Labute approximate surface area is 110 Å². The first kappa shape index (κ1) is 13.6. The summed E-state index contributed by atoms with van der Waals surface area (Å²) in [6.07, 6.45) is 0.742. The van der Waals surface area contributed by atoms with Crippen LogP contribution in [-0.4, -0.2) is 26.0 Å². The average molecular weight is 267 g/mol. The van der Waals surface area contributed by atoms with Gasteiger partial charge in [0.15, 0.2) is 9.84 Å². The van der Waals surface area contributed by atoms with Gasteiger partial charge in [-0.15, -0.1) is 0 Å². The third-order valence-corrected chi connectivity index (χ3v) is 5.53. The van der Waals surface area contributed by atoms with Crippen LogP contribution in [0.3, 0.4) is 0 Å². The van der Waals surface area contributed by atoms with E-state index in [0.717, 1.165) is 13.0 Å². The first-order chi connectivity index (χ1) is 8.37. The second-order valence-electron chi connectivity index (χ2n) is 5.34. The fourth-order valence-corrected chi connectivity index (χ4v) is 4.13. The van der Waals surface area contributed by atoms with E-state index in [4.69, 9.17) is 0 Å². The number of hydrogen-bond donors (Lipinski definition) is 1. The molecule has 1 N–H and O–H groups in total. The van der Waals surface area contributed by atoms with Crippen LogP contribution in [0.2, 0.25) is 0 Å². The van der Waals surface area contributed by atoms with Crippen LogP contribution in [-0.2, 0) is 16.4 Å².